The van der Waals surface area contributed by atoms with E-state index in [1.54, 1.807) is 19.1 Å². The van der Waals surface area contributed by atoms with E-state index >= 15 is 0 Å². The maximum Gasteiger partial charge on any atom is 0.337 e. The van der Waals surface area contributed by atoms with E-state index in [1.807, 2.05) is 0 Å². The molecule has 1 N–H and O–H groups in total. The summed E-state index contributed by atoms with van der Waals surface area (Å²) >= 11 is 0. The Kier molecular flexibility index (Phi) is 2.81. The van der Waals surface area contributed by atoms with Crippen LogP contribution in [-0.4, -0.2) is 29.1 Å². The largest absolute Gasteiger partial charge is 0.478 e. The summed E-state index contributed by atoms with van der Waals surface area (Å²) in [5, 5.41) is 8.95. The number of carbonyl (C=O) groups is 1. The van der Waals surface area contributed by atoms with Crippen molar-refractivity contribution in [1.29, 1.82) is 0 Å². The van der Waals surface area contributed by atoms with Gasteiger partial charge in [0.25, 0.3) is 0 Å². The molecular weight excluding hydrogens is 216 g/mol. The van der Waals surface area contributed by atoms with Gasteiger partial charge in [0.15, 0.2) is 0 Å². The normalized spacial score (nSPS) is 18.4. The van der Waals surface area contributed by atoms with Crippen LogP contribution in [0.25, 0.3) is 0 Å². The van der Waals surface area contributed by atoms with Crippen LogP contribution in [-0.2, 0) is 0 Å². The fraction of sp³-hybridized carbons (Fsp3) is 0.538. The number of pyridine rings is 1. The first-order chi connectivity index (χ1) is 7.89. The predicted molar refractivity (Wildman–Crippen MR) is 66.5 cm³/mol. The van der Waals surface area contributed by atoms with Crippen molar-refractivity contribution in [3.63, 3.8) is 0 Å². The van der Waals surface area contributed by atoms with Crippen molar-refractivity contribution in [3.8, 4) is 0 Å². The van der Waals surface area contributed by atoms with E-state index in [4.69, 9.17) is 5.11 Å². The molecule has 1 saturated heterocycles. The quantitative estimate of drug-likeness (QED) is 0.853. The molecule has 17 heavy (non-hydrogen) atoms. The predicted octanol–water partition coefficient (Wildman–Crippen LogP) is 2.32. The lowest BCUT2D eigenvalue weighted by Crippen LogP contribution is -2.24. The van der Waals surface area contributed by atoms with Crippen molar-refractivity contribution in [2.75, 3.05) is 18.0 Å². The molecule has 92 valence electrons. The van der Waals surface area contributed by atoms with E-state index in [2.05, 4.69) is 23.7 Å². The number of carboxylic acids is 1. The Morgan fingerprint density at radius 2 is 2.18 bits per heavy atom. The van der Waals surface area contributed by atoms with Gasteiger partial charge in [-0.3, -0.25) is 0 Å². The third kappa shape index (κ3) is 2.40. The molecule has 4 nitrogen and oxygen atoms in total. The summed E-state index contributed by atoms with van der Waals surface area (Å²) in [6, 6.07) is 3.45. The lowest BCUT2D eigenvalue weighted by molar-refractivity contribution is 0.0695. The Morgan fingerprint density at radius 1 is 1.47 bits per heavy atom. The van der Waals surface area contributed by atoms with Crippen LogP contribution in [0.15, 0.2) is 12.1 Å². The molecule has 0 unspecified atom stereocenters. The highest BCUT2D eigenvalue weighted by molar-refractivity contribution is 5.89. The average molecular weight is 234 g/mol. The molecule has 1 aromatic rings. The zero-order valence-electron chi connectivity index (χ0n) is 10.5. The summed E-state index contributed by atoms with van der Waals surface area (Å²) < 4.78 is 0. The number of aromatic nitrogens is 1. The fourth-order valence-corrected chi connectivity index (χ4v) is 2.26. The van der Waals surface area contributed by atoms with Crippen LogP contribution in [0.4, 0.5) is 5.82 Å². The van der Waals surface area contributed by atoms with Crippen LogP contribution in [0.5, 0.6) is 0 Å². The van der Waals surface area contributed by atoms with Crippen molar-refractivity contribution in [3.05, 3.63) is 23.4 Å². The van der Waals surface area contributed by atoms with E-state index in [0.29, 0.717) is 11.1 Å². The maximum absolute atomic E-state index is 10.9. The molecular formula is C13H18N2O2. The van der Waals surface area contributed by atoms with Crippen LogP contribution in [0.3, 0.4) is 0 Å². The number of rotatable bonds is 2. The van der Waals surface area contributed by atoms with Crippen LogP contribution in [0.2, 0.25) is 0 Å². The van der Waals surface area contributed by atoms with Crippen LogP contribution < -0.4 is 4.90 Å². The molecule has 1 aromatic heterocycles. The molecule has 2 heterocycles. The first-order valence-corrected chi connectivity index (χ1v) is 5.85. The van der Waals surface area contributed by atoms with Gasteiger partial charge in [-0.15, -0.1) is 0 Å². The molecule has 4 heteroatoms. The molecule has 2 rings (SSSR count). The van der Waals surface area contributed by atoms with Crippen molar-refractivity contribution in [2.24, 2.45) is 5.41 Å². The van der Waals surface area contributed by atoms with Crippen LogP contribution in [0, 0.1) is 12.3 Å². The number of aromatic carboxylic acids is 1. The van der Waals surface area contributed by atoms with Crippen LogP contribution >= 0.6 is 0 Å². The number of hydrogen-bond donors (Lipinski definition) is 1. The Morgan fingerprint density at radius 3 is 2.65 bits per heavy atom. The summed E-state index contributed by atoms with van der Waals surface area (Å²) in [4.78, 5) is 17.5. The Labute approximate surface area is 101 Å². The monoisotopic (exact) mass is 234 g/mol. The van der Waals surface area contributed by atoms with E-state index in [0.717, 1.165) is 25.3 Å². The second-order valence-electron chi connectivity index (χ2n) is 5.44. The highest BCUT2D eigenvalue weighted by Gasteiger charge is 2.30. The fourth-order valence-electron chi connectivity index (χ4n) is 2.26. The number of carboxylic acid groups (broad SMARTS) is 1. The third-order valence-electron chi connectivity index (χ3n) is 3.30. The van der Waals surface area contributed by atoms with Crippen molar-refractivity contribution < 1.29 is 9.90 Å². The molecule has 0 aliphatic carbocycles. The summed E-state index contributed by atoms with van der Waals surface area (Å²) in [6.45, 7) is 8.20. The Bertz CT molecular complexity index is 455. The second-order valence-corrected chi connectivity index (χ2v) is 5.44. The summed E-state index contributed by atoms with van der Waals surface area (Å²) in [5.74, 6) is -0.0265. The Hall–Kier alpha value is -1.58. The van der Waals surface area contributed by atoms with Crippen molar-refractivity contribution in [1.82, 2.24) is 4.98 Å². The number of hydrogen-bond acceptors (Lipinski definition) is 3. The highest BCUT2D eigenvalue weighted by atomic mass is 16.4. The summed E-state index contributed by atoms with van der Waals surface area (Å²) in [5.41, 5.74) is 1.19. The van der Waals surface area contributed by atoms with Gasteiger partial charge in [0.05, 0.1) is 11.3 Å². The molecule has 0 saturated carbocycles. The lowest BCUT2D eigenvalue weighted by Gasteiger charge is -2.21. The van der Waals surface area contributed by atoms with Gasteiger partial charge in [0.1, 0.15) is 5.82 Å². The smallest absolute Gasteiger partial charge is 0.337 e. The van der Waals surface area contributed by atoms with E-state index in [-0.39, 0.29) is 5.56 Å². The third-order valence-corrected chi connectivity index (χ3v) is 3.30. The molecule has 0 aromatic carbocycles. The van der Waals surface area contributed by atoms with Crippen molar-refractivity contribution in [2.45, 2.75) is 27.2 Å². The number of aryl methyl sites for hydroxylation is 1. The first kappa shape index (κ1) is 11.9. The molecule has 0 bridgehead atoms. The van der Waals surface area contributed by atoms with E-state index in [1.165, 1.54) is 0 Å². The maximum atomic E-state index is 10.9. The van der Waals surface area contributed by atoms with Gasteiger partial charge >= 0.3 is 5.97 Å². The SMILES string of the molecule is Cc1nc(N2CCC(C)(C)C2)ccc1C(=O)O. The van der Waals surface area contributed by atoms with Gasteiger partial charge in [-0.2, -0.15) is 0 Å². The van der Waals surface area contributed by atoms with Gasteiger partial charge in [-0.25, -0.2) is 9.78 Å². The zero-order chi connectivity index (χ0) is 12.6. The van der Waals surface area contributed by atoms with E-state index < -0.39 is 5.97 Å². The molecule has 0 spiro atoms. The average Bonchev–Trinajstić information content (AvgIpc) is 2.58. The van der Waals surface area contributed by atoms with Gasteiger partial charge in [-0.1, -0.05) is 13.8 Å². The summed E-state index contributed by atoms with van der Waals surface area (Å²) in [6.07, 6.45) is 1.15. The van der Waals surface area contributed by atoms with Gasteiger partial charge < -0.3 is 10.0 Å². The zero-order valence-corrected chi connectivity index (χ0v) is 10.5. The minimum Gasteiger partial charge on any atom is -0.478 e. The molecule has 1 fully saturated rings. The van der Waals surface area contributed by atoms with Crippen LogP contribution in [0.1, 0.15) is 36.3 Å². The standard InChI is InChI=1S/C13H18N2O2/c1-9-10(12(16)17)4-5-11(14-9)15-7-6-13(2,3)8-15/h4-5H,6-8H2,1-3H3,(H,16,17). The number of anilines is 1. The molecule has 1 aliphatic heterocycles. The molecule has 0 atom stereocenters. The van der Waals surface area contributed by atoms with Gasteiger partial charge in [-0.05, 0) is 30.9 Å². The minimum absolute atomic E-state index is 0.284. The van der Waals surface area contributed by atoms with Crippen molar-refractivity contribution >= 4 is 11.8 Å². The minimum atomic E-state index is -0.914. The van der Waals surface area contributed by atoms with Gasteiger partial charge in [0, 0.05) is 13.1 Å². The molecule has 1 aliphatic rings. The molecule has 0 amide bonds. The summed E-state index contributed by atoms with van der Waals surface area (Å²) in [7, 11) is 0. The molecule has 0 radical (unpaired) electrons. The Balaban J connectivity index is 2.24. The topological polar surface area (TPSA) is 53.4 Å². The lowest BCUT2D eigenvalue weighted by atomic mass is 9.93. The van der Waals surface area contributed by atoms with E-state index in [9.17, 15) is 4.79 Å². The first-order valence-electron chi connectivity index (χ1n) is 5.85. The highest BCUT2D eigenvalue weighted by Crippen LogP contribution is 2.31. The number of nitrogens with zero attached hydrogens (tertiary/aromatic N) is 2. The van der Waals surface area contributed by atoms with Gasteiger partial charge in [0.2, 0.25) is 0 Å². The second kappa shape index (κ2) is 4.02.